The number of likely N-dealkylation sites (tertiary alicyclic amines) is 1. The van der Waals surface area contributed by atoms with Crippen molar-refractivity contribution in [3.05, 3.63) is 65.6 Å². The number of amides is 1. The Bertz CT molecular complexity index is 971. The molecule has 3 aromatic rings. The molecule has 2 aromatic heterocycles. The highest BCUT2D eigenvalue weighted by atomic mass is 16.1. The van der Waals surface area contributed by atoms with Gasteiger partial charge in [-0.15, -0.1) is 10.2 Å². The minimum Gasteiger partial charge on any atom is -0.348 e. The van der Waals surface area contributed by atoms with E-state index in [2.05, 4.69) is 65.5 Å². The molecule has 146 valence electrons. The maximum atomic E-state index is 12.4. The highest BCUT2D eigenvalue weighted by Crippen LogP contribution is 2.34. The van der Waals surface area contributed by atoms with Crippen LogP contribution < -0.4 is 5.32 Å². The summed E-state index contributed by atoms with van der Waals surface area (Å²) in [4.78, 5) is 15.0. The van der Waals surface area contributed by atoms with Crippen molar-refractivity contribution in [2.75, 3.05) is 6.54 Å². The van der Waals surface area contributed by atoms with Crippen LogP contribution in [-0.2, 0) is 13.1 Å². The summed E-state index contributed by atoms with van der Waals surface area (Å²) < 4.78 is 1.74. The van der Waals surface area contributed by atoms with Gasteiger partial charge in [-0.25, -0.2) is 0 Å². The van der Waals surface area contributed by atoms with Crippen LogP contribution in [0.5, 0.6) is 0 Å². The van der Waals surface area contributed by atoms with Gasteiger partial charge in [0.25, 0.3) is 5.91 Å². The fraction of sp³-hybridized carbons (Fsp3) is 0.409. The van der Waals surface area contributed by atoms with E-state index in [1.807, 2.05) is 0 Å². The highest BCUT2D eigenvalue weighted by Gasteiger charge is 2.36. The van der Waals surface area contributed by atoms with E-state index >= 15 is 0 Å². The van der Waals surface area contributed by atoms with Crippen LogP contribution in [0.25, 0.3) is 5.65 Å². The van der Waals surface area contributed by atoms with Crippen LogP contribution in [0.15, 0.2) is 48.9 Å². The first-order valence-electron chi connectivity index (χ1n) is 9.79. The standard InChI is InChI=1S/C22H27N5O/c1-22(2,3)19-10-11-26(19)13-17-6-4-16(5-7-17)12-23-21(28)18-8-9-20-25-24-15-27(20)14-18/h4-9,14-15,19H,10-13H2,1-3H3,(H,23,28). The van der Waals surface area contributed by atoms with E-state index in [1.165, 1.54) is 18.5 Å². The summed E-state index contributed by atoms with van der Waals surface area (Å²) in [7, 11) is 0. The van der Waals surface area contributed by atoms with E-state index in [0.29, 0.717) is 23.6 Å². The van der Waals surface area contributed by atoms with E-state index in [0.717, 1.165) is 17.8 Å². The predicted octanol–water partition coefficient (Wildman–Crippen LogP) is 3.28. The predicted molar refractivity (Wildman–Crippen MR) is 109 cm³/mol. The Balaban J connectivity index is 1.32. The topological polar surface area (TPSA) is 62.5 Å². The molecule has 1 saturated heterocycles. The monoisotopic (exact) mass is 377 g/mol. The van der Waals surface area contributed by atoms with Crippen molar-refractivity contribution in [3.8, 4) is 0 Å². The number of hydrogen-bond donors (Lipinski definition) is 1. The van der Waals surface area contributed by atoms with Gasteiger partial charge < -0.3 is 5.32 Å². The van der Waals surface area contributed by atoms with Crippen LogP contribution in [0.4, 0.5) is 0 Å². The number of benzene rings is 1. The van der Waals surface area contributed by atoms with Crippen molar-refractivity contribution < 1.29 is 4.79 Å². The second-order valence-corrected chi connectivity index (χ2v) is 8.65. The largest absolute Gasteiger partial charge is 0.348 e. The van der Waals surface area contributed by atoms with Gasteiger partial charge in [0, 0.05) is 31.9 Å². The fourth-order valence-electron chi connectivity index (χ4n) is 3.85. The molecule has 3 heterocycles. The summed E-state index contributed by atoms with van der Waals surface area (Å²) >= 11 is 0. The van der Waals surface area contributed by atoms with Gasteiger partial charge >= 0.3 is 0 Å². The molecule has 4 rings (SSSR count). The molecule has 0 saturated carbocycles. The van der Waals surface area contributed by atoms with Gasteiger partial charge in [0.05, 0.1) is 5.56 Å². The SMILES string of the molecule is CC(C)(C)C1CCN1Cc1ccc(CNC(=O)c2ccc3nncn3c2)cc1. The summed E-state index contributed by atoms with van der Waals surface area (Å²) in [6.07, 6.45) is 4.62. The Morgan fingerprint density at radius 3 is 2.57 bits per heavy atom. The normalized spacial score (nSPS) is 17.5. The zero-order valence-corrected chi connectivity index (χ0v) is 16.7. The minimum absolute atomic E-state index is 0.103. The smallest absolute Gasteiger partial charge is 0.253 e. The Hall–Kier alpha value is -2.73. The maximum absolute atomic E-state index is 12.4. The molecule has 1 aromatic carbocycles. The third kappa shape index (κ3) is 3.92. The first-order chi connectivity index (χ1) is 13.4. The average molecular weight is 377 g/mol. The molecule has 0 bridgehead atoms. The molecule has 28 heavy (non-hydrogen) atoms. The van der Waals surface area contributed by atoms with E-state index < -0.39 is 0 Å². The zero-order valence-electron chi connectivity index (χ0n) is 16.7. The van der Waals surface area contributed by atoms with Gasteiger partial charge in [-0.1, -0.05) is 45.0 Å². The van der Waals surface area contributed by atoms with Crippen LogP contribution in [0.2, 0.25) is 0 Å². The summed E-state index contributed by atoms with van der Waals surface area (Å²) in [6.45, 7) is 9.63. The second kappa shape index (κ2) is 7.36. The van der Waals surface area contributed by atoms with Crippen molar-refractivity contribution in [2.24, 2.45) is 5.41 Å². The molecule has 6 heteroatoms. The lowest BCUT2D eigenvalue weighted by Crippen LogP contribution is -2.53. The van der Waals surface area contributed by atoms with Crippen molar-refractivity contribution in [1.29, 1.82) is 0 Å². The first kappa shape index (κ1) is 18.6. The fourth-order valence-corrected chi connectivity index (χ4v) is 3.85. The third-order valence-electron chi connectivity index (χ3n) is 5.54. The van der Waals surface area contributed by atoms with E-state index in [1.54, 1.807) is 29.1 Å². The average Bonchev–Trinajstić information content (AvgIpc) is 3.10. The van der Waals surface area contributed by atoms with Crippen LogP contribution in [0.3, 0.4) is 0 Å². The lowest BCUT2D eigenvalue weighted by atomic mass is 9.79. The molecule has 1 fully saturated rings. The Morgan fingerprint density at radius 2 is 1.89 bits per heavy atom. The molecular formula is C22H27N5O. The van der Waals surface area contributed by atoms with Crippen molar-refractivity contribution in [1.82, 2.24) is 24.8 Å². The molecular weight excluding hydrogens is 350 g/mol. The first-order valence-corrected chi connectivity index (χ1v) is 9.79. The lowest BCUT2D eigenvalue weighted by molar-refractivity contribution is 0.00474. The van der Waals surface area contributed by atoms with Gasteiger partial charge in [0.15, 0.2) is 5.65 Å². The number of aromatic nitrogens is 3. The number of nitrogens with zero attached hydrogens (tertiary/aromatic N) is 4. The maximum Gasteiger partial charge on any atom is 0.253 e. The summed E-state index contributed by atoms with van der Waals surface area (Å²) in [5.41, 5.74) is 4.07. The Labute approximate surface area is 165 Å². The van der Waals surface area contributed by atoms with Crippen molar-refractivity contribution in [3.63, 3.8) is 0 Å². The molecule has 1 aliphatic rings. The highest BCUT2D eigenvalue weighted by molar-refractivity contribution is 5.94. The summed E-state index contributed by atoms with van der Waals surface area (Å²) in [5, 5.41) is 10.8. The molecule has 0 aliphatic carbocycles. The van der Waals surface area contributed by atoms with Gasteiger partial charge in [0.2, 0.25) is 0 Å². The van der Waals surface area contributed by atoms with Gasteiger partial charge in [0.1, 0.15) is 6.33 Å². The number of fused-ring (bicyclic) bond motifs is 1. The number of rotatable bonds is 5. The number of carbonyl (C=O) groups excluding carboxylic acids is 1. The number of hydrogen-bond acceptors (Lipinski definition) is 4. The van der Waals surface area contributed by atoms with Gasteiger partial charge in [-0.2, -0.15) is 0 Å². The van der Waals surface area contributed by atoms with Crippen molar-refractivity contribution >= 4 is 11.6 Å². The Kier molecular flexibility index (Phi) is 4.89. The molecule has 1 amide bonds. The molecule has 1 unspecified atom stereocenters. The van der Waals surface area contributed by atoms with Crippen LogP contribution in [0.1, 0.15) is 48.7 Å². The van der Waals surface area contributed by atoms with Gasteiger partial charge in [-0.3, -0.25) is 14.1 Å². The van der Waals surface area contributed by atoms with Crippen LogP contribution in [-0.4, -0.2) is 38.0 Å². The lowest BCUT2D eigenvalue weighted by Gasteiger charge is -2.48. The zero-order chi connectivity index (χ0) is 19.7. The number of pyridine rings is 1. The van der Waals surface area contributed by atoms with E-state index in [-0.39, 0.29) is 5.91 Å². The number of nitrogens with one attached hydrogen (secondary N) is 1. The quantitative estimate of drug-likeness (QED) is 0.741. The van der Waals surface area contributed by atoms with Crippen LogP contribution >= 0.6 is 0 Å². The van der Waals surface area contributed by atoms with Crippen molar-refractivity contribution in [2.45, 2.75) is 46.3 Å². The van der Waals surface area contributed by atoms with E-state index in [9.17, 15) is 4.79 Å². The Morgan fingerprint density at radius 1 is 1.14 bits per heavy atom. The molecule has 1 aliphatic heterocycles. The van der Waals surface area contributed by atoms with Crippen LogP contribution in [0, 0.1) is 5.41 Å². The second-order valence-electron chi connectivity index (χ2n) is 8.65. The minimum atomic E-state index is -0.103. The molecule has 1 N–H and O–H groups in total. The third-order valence-corrected chi connectivity index (χ3v) is 5.54. The molecule has 0 spiro atoms. The van der Waals surface area contributed by atoms with E-state index in [4.69, 9.17) is 0 Å². The molecule has 6 nitrogen and oxygen atoms in total. The van der Waals surface area contributed by atoms with Gasteiger partial charge in [-0.05, 0) is 35.1 Å². The summed E-state index contributed by atoms with van der Waals surface area (Å²) in [6, 6.07) is 12.8. The summed E-state index contributed by atoms with van der Waals surface area (Å²) in [5.74, 6) is -0.103. The number of carbonyl (C=O) groups is 1. The molecule has 0 radical (unpaired) electrons. The molecule has 1 atom stereocenters.